The maximum atomic E-state index is 11.8. The van der Waals surface area contributed by atoms with E-state index in [0.717, 1.165) is 45.1 Å². The third-order valence-electron chi connectivity index (χ3n) is 5.32. The Morgan fingerprint density at radius 2 is 1.76 bits per heavy atom. The van der Waals surface area contributed by atoms with Crippen molar-refractivity contribution < 1.29 is 4.79 Å². The molecule has 0 bridgehead atoms. The van der Waals surface area contributed by atoms with Gasteiger partial charge in [0.1, 0.15) is 0 Å². The highest BCUT2D eigenvalue weighted by Gasteiger charge is 2.19. The van der Waals surface area contributed by atoms with Crippen molar-refractivity contribution in [1.29, 1.82) is 0 Å². The summed E-state index contributed by atoms with van der Waals surface area (Å²) < 4.78 is 0. The molecule has 0 unspecified atom stereocenters. The number of nitrogens with zero attached hydrogens (tertiary/aromatic N) is 3. The van der Waals surface area contributed by atoms with Crippen LogP contribution in [0.2, 0.25) is 0 Å². The third kappa shape index (κ3) is 7.69. The third-order valence-corrected chi connectivity index (χ3v) is 5.32. The number of nitrogens with one attached hydrogen (secondary N) is 2. The Labute approximate surface area is 176 Å². The first-order valence-corrected chi connectivity index (χ1v) is 11.0. The Morgan fingerprint density at radius 3 is 2.31 bits per heavy atom. The molecule has 0 atom stereocenters. The van der Waals surface area contributed by atoms with Crippen LogP contribution in [0.1, 0.15) is 58.6 Å². The van der Waals surface area contributed by atoms with E-state index in [1.54, 1.807) is 0 Å². The fourth-order valence-electron chi connectivity index (χ4n) is 3.77. The van der Waals surface area contributed by atoms with Gasteiger partial charge in [-0.25, -0.2) is 4.99 Å². The van der Waals surface area contributed by atoms with Gasteiger partial charge in [0.15, 0.2) is 5.96 Å². The van der Waals surface area contributed by atoms with Crippen LogP contribution in [0.4, 0.5) is 0 Å². The van der Waals surface area contributed by atoms with Crippen molar-refractivity contribution >= 4 is 11.9 Å². The monoisotopic (exact) mass is 401 g/mol. The van der Waals surface area contributed by atoms with Gasteiger partial charge >= 0.3 is 0 Å². The van der Waals surface area contributed by atoms with E-state index in [2.05, 4.69) is 74.4 Å². The molecule has 0 spiro atoms. The summed E-state index contributed by atoms with van der Waals surface area (Å²) in [4.78, 5) is 20.9. The molecule has 6 heteroatoms. The molecular weight excluding hydrogens is 362 g/mol. The number of carbonyl (C=O) groups excluding carboxylic acids is 1. The van der Waals surface area contributed by atoms with E-state index in [1.807, 2.05) is 4.90 Å². The van der Waals surface area contributed by atoms with Crippen molar-refractivity contribution in [3.05, 3.63) is 35.4 Å². The summed E-state index contributed by atoms with van der Waals surface area (Å²) in [6.45, 7) is 16.0. The lowest BCUT2D eigenvalue weighted by Crippen LogP contribution is -2.45. The molecular formula is C23H39N5O. The molecule has 1 aromatic rings. The van der Waals surface area contributed by atoms with Gasteiger partial charge in [-0.1, -0.05) is 24.3 Å². The van der Waals surface area contributed by atoms with Crippen LogP contribution in [0.15, 0.2) is 29.3 Å². The molecule has 6 nitrogen and oxygen atoms in total. The fraction of sp³-hybridized carbons (Fsp3) is 0.652. The van der Waals surface area contributed by atoms with E-state index in [1.165, 1.54) is 11.1 Å². The van der Waals surface area contributed by atoms with Crippen molar-refractivity contribution in [3.63, 3.8) is 0 Å². The molecule has 29 heavy (non-hydrogen) atoms. The van der Waals surface area contributed by atoms with Crippen LogP contribution in [0.25, 0.3) is 0 Å². The highest BCUT2D eigenvalue weighted by Crippen LogP contribution is 2.15. The topological polar surface area (TPSA) is 60.0 Å². The number of amides is 1. The quantitative estimate of drug-likeness (QED) is 0.467. The molecule has 2 N–H and O–H groups in total. The number of benzene rings is 1. The van der Waals surface area contributed by atoms with Crippen LogP contribution in [-0.2, 0) is 17.9 Å². The molecule has 1 aromatic carbocycles. The molecule has 0 aliphatic carbocycles. The lowest BCUT2D eigenvalue weighted by atomic mass is 10.1. The molecule has 1 saturated heterocycles. The number of guanidine groups is 1. The number of likely N-dealkylation sites (tertiary alicyclic amines) is 1. The summed E-state index contributed by atoms with van der Waals surface area (Å²) in [7, 11) is 0. The van der Waals surface area contributed by atoms with Crippen molar-refractivity contribution in [3.8, 4) is 0 Å². The second kappa shape index (κ2) is 11.8. The minimum atomic E-state index is 0.272. The van der Waals surface area contributed by atoms with E-state index in [0.29, 0.717) is 25.0 Å². The standard InChI is InChI=1S/C23H39N5O/c1-6-24-23(25-13-15-28(18(2)3)19(4)5)26-16-20-9-11-21(12-10-20)17-27-14-7-8-22(27)29/h9-12,18-19H,6-8,13-17H2,1-5H3,(H2,24,25,26). The minimum absolute atomic E-state index is 0.272. The van der Waals surface area contributed by atoms with Gasteiger partial charge in [-0.2, -0.15) is 0 Å². The summed E-state index contributed by atoms with van der Waals surface area (Å²) in [5.41, 5.74) is 2.35. The predicted octanol–water partition coefficient (Wildman–Crippen LogP) is 2.98. The maximum Gasteiger partial charge on any atom is 0.222 e. The lowest BCUT2D eigenvalue weighted by Gasteiger charge is -2.30. The van der Waals surface area contributed by atoms with Crippen LogP contribution in [-0.4, -0.2) is 59.9 Å². The zero-order valence-corrected chi connectivity index (χ0v) is 18.9. The largest absolute Gasteiger partial charge is 0.357 e. The summed E-state index contributed by atoms with van der Waals surface area (Å²) >= 11 is 0. The fourth-order valence-corrected chi connectivity index (χ4v) is 3.77. The van der Waals surface area contributed by atoms with Crippen LogP contribution >= 0.6 is 0 Å². The number of carbonyl (C=O) groups is 1. The van der Waals surface area contributed by atoms with Crippen LogP contribution in [0, 0.1) is 0 Å². The van der Waals surface area contributed by atoms with Crippen LogP contribution in [0.3, 0.4) is 0 Å². The molecule has 162 valence electrons. The molecule has 1 aliphatic heterocycles. The summed E-state index contributed by atoms with van der Waals surface area (Å²) in [6.07, 6.45) is 1.68. The zero-order chi connectivity index (χ0) is 21.2. The Morgan fingerprint density at radius 1 is 1.10 bits per heavy atom. The first-order valence-electron chi connectivity index (χ1n) is 11.0. The maximum absolute atomic E-state index is 11.8. The smallest absolute Gasteiger partial charge is 0.222 e. The van der Waals surface area contributed by atoms with Crippen LogP contribution in [0.5, 0.6) is 0 Å². The van der Waals surface area contributed by atoms with Crippen molar-refractivity contribution in [1.82, 2.24) is 20.4 Å². The average molecular weight is 402 g/mol. The van der Waals surface area contributed by atoms with Crippen LogP contribution < -0.4 is 10.6 Å². The minimum Gasteiger partial charge on any atom is -0.357 e. The molecule has 0 radical (unpaired) electrons. The van der Waals surface area contributed by atoms with Crippen molar-refractivity contribution in [2.75, 3.05) is 26.2 Å². The highest BCUT2D eigenvalue weighted by molar-refractivity contribution is 5.79. The van der Waals surface area contributed by atoms with Gasteiger partial charge in [-0.3, -0.25) is 9.69 Å². The van der Waals surface area contributed by atoms with E-state index >= 15 is 0 Å². The highest BCUT2D eigenvalue weighted by atomic mass is 16.2. The molecule has 0 saturated carbocycles. The van der Waals surface area contributed by atoms with Gasteiger partial charge < -0.3 is 15.5 Å². The molecule has 1 amide bonds. The van der Waals surface area contributed by atoms with E-state index < -0.39 is 0 Å². The molecule has 0 aromatic heterocycles. The summed E-state index contributed by atoms with van der Waals surface area (Å²) in [5.74, 6) is 1.13. The van der Waals surface area contributed by atoms with Gasteiger partial charge in [0, 0.05) is 51.2 Å². The number of hydrogen-bond acceptors (Lipinski definition) is 3. The van der Waals surface area contributed by atoms with Crippen molar-refractivity contribution in [2.24, 2.45) is 4.99 Å². The first kappa shape index (κ1) is 23.2. The van der Waals surface area contributed by atoms with Gasteiger partial charge in [-0.05, 0) is 52.2 Å². The van der Waals surface area contributed by atoms with Gasteiger partial charge in [0.05, 0.1) is 6.54 Å². The zero-order valence-electron chi connectivity index (χ0n) is 18.9. The van der Waals surface area contributed by atoms with E-state index in [9.17, 15) is 4.79 Å². The summed E-state index contributed by atoms with van der Waals surface area (Å²) in [5, 5.41) is 6.77. The van der Waals surface area contributed by atoms with E-state index in [-0.39, 0.29) is 5.91 Å². The first-order chi connectivity index (χ1) is 13.9. The van der Waals surface area contributed by atoms with Crippen molar-refractivity contribution in [2.45, 2.75) is 72.6 Å². The second-order valence-electron chi connectivity index (χ2n) is 8.28. The van der Waals surface area contributed by atoms with E-state index in [4.69, 9.17) is 4.99 Å². The number of aliphatic imine (C=N–C) groups is 1. The number of rotatable bonds is 10. The Hall–Kier alpha value is -2.08. The van der Waals surface area contributed by atoms with Gasteiger partial charge in [0.2, 0.25) is 5.91 Å². The lowest BCUT2D eigenvalue weighted by molar-refractivity contribution is -0.128. The van der Waals surface area contributed by atoms with Gasteiger partial charge in [-0.15, -0.1) is 0 Å². The molecule has 1 fully saturated rings. The van der Waals surface area contributed by atoms with Gasteiger partial charge in [0.25, 0.3) is 0 Å². The normalized spacial score (nSPS) is 15.1. The number of hydrogen-bond donors (Lipinski definition) is 2. The Kier molecular flexibility index (Phi) is 9.45. The Balaban J connectivity index is 1.86. The Bertz CT molecular complexity index is 646. The molecule has 1 heterocycles. The molecule has 1 aliphatic rings. The average Bonchev–Trinajstić information content (AvgIpc) is 3.08. The SMILES string of the molecule is CCNC(=NCc1ccc(CN2CCCC2=O)cc1)NCCN(C(C)C)C(C)C. The summed E-state index contributed by atoms with van der Waals surface area (Å²) in [6, 6.07) is 9.51. The predicted molar refractivity (Wildman–Crippen MR) is 121 cm³/mol. The molecule has 2 rings (SSSR count). The second-order valence-corrected chi connectivity index (χ2v) is 8.28.